The van der Waals surface area contributed by atoms with Gasteiger partial charge in [-0.1, -0.05) is 158 Å². The summed E-state index contributed by atoms with van der Waals surface area (Å²) in [5.41, 5.74) is -0.357. The third kappa shape index (κ3) is 27.3. The zero-order chi connectivity index (χ0) is 35.5. The third-order valence-corrected chi connectivity index (χ3v) is 10.7. The zero-order valence-electron chi connectivity index (χ0n) is 34.0. The molecule has 47 heavy (non-hydrogen) atoms. The van der Waals surface area contributed by atoms with Crippen molar-refractivity contribution in [3.63, 3.8) is 0 Å². The Morgan fingerprint density at radius 2 is 0.723 bits per heavy atom. The maximum absolute atomic E-state index is 9.52. The molecular weight excluding hydrogens is 577 g/mol. The van der Waals surface area contributed by atoms with Crippen LogP contribution < -0.4 is 0 Å². The lowest BCUT2D eigenvalue weighted by atomic mass is 9.73. The molecule has 0 bridgehead atoms. The van der Waals surface area contributed by atoms with Crippen LogP contribution in [0.3, 0.4) is 0 Å². The predicted octanol–water partition coefficient (Wildman–Crippen LogP) is 13.2. The molecule has 2 N–H and O–H groups in total. The largest absolute Gasteiger partial charge is 0.634 e. The van der Waals surface area contributed by atoms with E-state index in [2.05, 4.69) is 55.4 Å². The molecule has 0 spiro atoms. The number of quaternary nitrogens is 1. The first-order chi connectivity index (χ1) is 22.8. The maximum Gasteiger partial charge on any atom is 0.634 e. The van der Waals surface area contributed by atoms with Gasteiger partial charge in [-0.25, -0.2) is 0 Å². The van der Waals surface area contributed by atoms with Gasteiger partial charge >= 0.3 is 7.32 Å². The van der Waals surface area contributed by atoms with Crippen molar-refractivity contribution in [3.05, 3.63) is 0 Å². The van der Waals surface area contributed by atoms with Crippen molar-refractivity contribution in [1.29, 1.82) is 0 Å². The molecule has 0 rings (SSSR count). The van der Waals surface area contributed by atoms with E-state index in [0.717, 1.165) is 51.4 Å². The summed E-state index contributed by atoms with van der Waals surface area (Å²) in [7, 11) is -1.65. The highest BCUT2D eigenvalue weighted by molar-refractivity contribution is 6.32. The number of hydrogen-bond acceptors (Lipinski definition) is 3. The Morgan fingerprint density at radius 3 is 0.979 bits per heavy atom. The van der Waals surface area contributed by atoms with Crippen LogP contribution in [0.4, 0.5) is 0 Å². The fourth-order valence-corrected chi connectivity index (χ4v) is 7.65. The van der Waals surface area contributed by atoms with E-state index in [1.54, 1.807) is 0 Å². The van der Waals surface area contributed by atoms with Crippen LogP contribution >= 0.6 is 0 Å². The Balaban J connectivity index is 0. The van der Waals surface area contributed by atoms with Crippen LogP contribution in [-0.2, 0) is 4.65 Å². The van der Waals surface area contributed by atoms with Crippen LogP contribution in [0.1, 0.15) is 235 Å². The second-order valence-corrected chi connectivity index (χ2v) is 15.2. The molecule has 0 aliphatic heterocycles. The van der Waals surface area contributed by atoms with E-state index in [4.69, 9.17) is 4.65 Å². The van der Waals surface area contributed by atoms with E-state index >= 15 is 0 Å². The SMILES string of the molecule is CCCCC(CCCC)C(CCCC)(CCCC)OB(O)O.CCCCCC[N+](CCCCCC)(CCCCCC)CCCCCC. The summed E-state index contributed by atoms with van der Waals surface area (Å²) in [4.78, 5) is 0. The first-order valence-electron chi connectivity index (χ1n) is 21.7. The highest BCUT2D eigenvalue weighted by atomic mass is 16.6. The lowest BCUT2D eigenvalue weighted by Gasteiger charge is -2.42. The van der Waals surface area contributed by atoms with Gasteiger partial charge in [0, 0.05) is 0 Å². The normalized spacial score (nSPS) is 12.1. The van der Waals surface area contributed by atoms with Crippen molar-refractivity contribution in [2.24, 2.45) is 5.92 Å². The second kappa shape index (κ2) is 35.7. The molecule has 0 fully saturated rings. The summed E-state index contributed by atoms with van der Waals surface area (Å²) in [6.45, 7) is 24.0. The molecule has 0 heterocycles. The van der Waals surface area contributed by atoms with Gasteiger partial charge in [0.1, 0.15) is 0 Å². The molecule has 284 valence electrons. The molecule has 0 aliphatic carbocycles. The first kappa shape index (κ1) is 49.0. The van der Waals surface area contributed by atoms with Crippen molar-refractivity contribution in [1.82, 2.24) is 0 Å². The topological polar surface area (TPSA) is 49.7 Å². The molecule has 0 aromatic carbocycles. The van der Waals surface area contributed by atoms with Crippen LogP contribution in [0.2, 0.25) is 0 Å². The summed E-state index contributed by atoms with van der Waals surface area (Å²) < 4.78 is 7.27. The molecule has 4 nitrogen and oxygen atoms in total. The Labute approximate surface area is 298 Å². The minimum Gasteiger partial charge on any atom is -0.402 e. The number of unbranched alkanes of at least 4 members (excludes halogenated alkanes) is 16. The smallest absolute Gasteiger partial charge is 0.402 e. The van der Waals surface area contributed by atoms with Gasteiger partial charge < -0.3 is 19.2 Å². The lowest BCUT2D eigenvalue weighted by Crippen LogP contribution is -2.50. The van der Waals surface area contributed by atoms with Crippen molar-refractivity contribution in [3.8, 4) is 0 Å². The standard InChI is InChI=1S/C24H52N.C18H39BO3/c1-5-9-13-17-21-25(22-18-14-10-6-2,23-19-15-11-7-3)24-20-16-12-8-4;1-5-9-13-17(14-10-6-2)18(15-11-7-3,16-12-8-4)22-19(20)21/h5-24H2,1-4H3;17,20-21H,5-16H2,1-4H3/q+1;. The van der Waals surface area contributed by atoms with Crippen LogP contribution in [0.25, 0.3) is 0 Å². The van der Waals surface area contributed by atoms with Gasteiger partial charge in [0.15, 0.2) is 0 Å². The minimum atomic E-state index is -1.65. The first-order valence-corrected chi connectivity index (χ1v) is 21.7. The third-order valence-electron chi connectivity index (χ3n) is 10.7. The summed E-state index contributed by atoms with van der Waals surface area (Å²) >= 11 is 0. The van der Waals surface area contributed by atoms with E-state index in [1.807, 2.05) is 0 Å². The Kier molecular flexibility index (Phi) is 37.3. The van der Waals surface area contributed by atoms with Gasteiger partial charge in [-0.15, -0.1) is 0 Å². The minimum absolute atomic E-state index is 0.357. The molecule has 0 aliphatic rings. The Bertz CT molecular complexity index is 533. The molecule has 0 atom stereocenters. The van der Waals surface area contributed by atoms with E-state index in [9.17, 15) is 10.0 Å². The summed E-state index contributed by atoms with van der Waals surface area (Å²) in [5.74, 6) is 0.437. The second-order valence-electron chi connectivity index (χ2n) is 15.2. The average molecular weight is 669 g/mol. The van der Waals surface area contributed by atoms with Crippen molar-refractivity contribution in [2.75, 3.05) is 26.2 Å². The fraction of sp³-hybridized carbons (Fsp3) is 1.00. The number of nitrogens with zero attached hydrogens (tertiary/aromatic N) is 1. The van der Waals surface area contributed by atoms with E-state index in [1.165, 1.54) is 159 Å². The molecule has 0 unspecified atom stereocenters. The summed E-state index contributed by atoms with van der Waals surface area (Å²) in [6, 6.07) is 0. The molecule has 0 amide bonds. The van der Waals surface area contributed by atoms with Crippen molar-refractivity contribution in [2.45, 2.75) is 241 Å². The molecule has 0 saturated heterocycles. The van der Waals surface area contributed by atoms with Gasteiger partial charge in [-0.2, -0.15) is 0 Å². The highest BCUT2D eigenvalue weighted by Crippen LogP contribution is 2.39. The quantitative estimate of drug-likeness (QED) is 0.0401. The predicted molar refractivity (Wildman–Crippen MR) is 212 cm³/mol. The van der Waals surface area contributed by atoms with Crippen molar-refractivity contribution < 1.29 is 19.2 Å². The van der Waals surface area contributed by atoms with Crippen molar-refractivity contribution >= 4 is 7.32 Å². The van der Waals surface area contributed by atoms with Crippen LogP contribution in [0.15, 0.2) is 0 Å². The van der Waals surface area contributed by atoms with Crippen LogP contribution in [0.5, 0.6) is 0 Å². The van der Waals surface area contributed by atoms with Gasteiger partial charge in [0.05, 0.1) is 31.8 Å². The summed E-state index contributed by atoms with van der Waals surface area (Å²) in [5, 5.41) is 19.0. The van der Waals surface area contributed by atoms with E-state index in [-0.39, 0.29) is 5.60 Å². The molecule has 5 heteroatoms. The molecule has 0 aromatic rings. The van der Waals surface area contributed by atoms with Gasteiger partial charge in [-0.05, 0) is 83.0 Å². The molecule has 0 radical (unpaired) electrons. The number of rotatable bonds is 35. The Hall–Kier alpha value is -0.0951. The van der Waals surface area contributed by atoms with Gasteiger partial charge in [0.2, 0.25) is 0 Å². The summed E-state index contributed by atoms with van der Waals surface area (Å²) in [6.07, 6.45) is 36.2. The molecular formula is C42H91BNO3+. The van der Waals surface area contributed by atoms with Gasteiger partial charge in [-0.3, -0.25) is 0 Å². The monoisotopic (exact) mass is 669 g/mol. The zero-order valence-corrected chi connectivity index (χ0v) is 34.0. The van der Waals surface area contributed by atoms with E-state index < -0.39 is 7.32 Å². The maximum atomic E-state index is 9.52. The van der Waals surface area contributed by atoms with E-state index in [0.29, 0.717) is 5.92 Å². The molecule has 0 saturated carbocycles. The molecule has 0 aromatic heterocycles. The highest BCUT2D eigenvalue weighted by Gasteiger charge is 2.40. The lowest BCUT2D eigenvalue weighted by molar-refractivity contribution is -0.929. The fourth-order valence-electron chi connectivity index (χ4n) is 7.65. The average Bonchev–Trinajstić information content (AvgIpc) is 3.07. The number of hydrogen-bond donors (Lipinski definition) is 2. The van der Waals surface area contributed by atoms with Gasteiger partial charge in [0.25, 0.3) is 0 Å². The van der Waals surface area contributed by atoms with Crippen LogP contribution in [0, 0.1) is 5.92 Å². The Morgan fingerprint density at radius 1 is 0.426 bits per heavy atom. The van der Waals surface area contributed by atoms with Crippen LogP contribution in [-0.4, -0.2) is 53.6 Å².